The summed E-state index contributed by atoms with van der Waals surface area (Å²) in [5.41, 5.74) is 0.924. The standard InChI is InChI=1S/C25H32N2O3/c1-18(2)22-12-10-19(3)25(14-8-6-5-7-9-21(28)15-23(22)25)30-24(29)13-11-20-16-27(4)17-26-20/h5-8,10-11,13,16-18,22-23H,9,12,14-15H2,1-4H3/t22-,23-,25+/m1/s1. The first-order valence-corrected chi connectivity index (χ1v) is 10.7. The largest absolute Gasteiger partial charge is 0.451 e. The van der Waals surface area contributed by atoms with Gasteiger partial charge in [0.05, 0.1) is 12.0 Å². The Balaban J connectivity index is 1.96. The lowest BCUT2D eigenvalue weighted by Crippen LogP contribution is -2.50. The Morgan fingerprint density at radius 1 is 1.33 bits per heavy atom. The van der Waals surface area contributed by atoms with E-state index in [4.69, 9.17) is 4.74 Å². The first-order valence-electron chi connectivity index (χ1n) is 10.7. The van der Waals surface area contributed by atoms with Gasteiger partial charge in [0, 0.05) is 44.5 Å². The van der Waals surface area contributed by atoms with Gasteiger partial charge < -0.3 is 9.30 Å². The molecule has 0 unspecified atom stereocenters. The fourth-order valence-corrected chi connectivity index (χ4v) is 4.67. The van der Waals surface area contributed by atoms with Gasteiger partial charge in [-0.2, -0.15) is 0 Å². The third-order valence-electron chi connectivity index (χ3n) is 6.33. The molecular formula is C25H32N2O3. The zero-order valence-corrected chi connectivity index (χ0v) is 18.4. The number of fused-ring (bicyclic) bond motifs is 1. The zero-order chi connectivity index (χ0) is 21.7. The summed E-state index contributed by atoms with van der Waals surface area (Å²) in [5.74, 6) is 0.407. The Kier molecular flexibility index (Phi) is 6.91. The minimum Gasteiger partial charge on any atom is -0.451 e. The van der Waals surface area contributed by atoms with E-state index in [-0.39, 0.29) is 17.6 Å². The van der Waals surface area contributed by atoms with E-state index in [1.54, 1.807) is 12.4 Å². The highest BCUT2D eigenvalue weighted by Gasteiger charge is 2.49. The molecule has 5 nitrogen and oxygen atoms in total. The second-order valence-electron chi connectivity index (χ2n) is 8.75. The van der Waals surface area contributed by atoms with Crippen LogP contribution in [0.15, 0.2) is 54.6 Å². The lowest BCUT2D eigenvalue weighted by Gasteiger charge is -2.48. The number of nitrogens with zero attached hydrogens (tertiary/aromatic N) is 2. The highest BCUT2D eigenvalue weighted by molar-refractivity contribution is 5.87. The molecule has 0 amide bonds. The number of carbonyl (C=O) groups is 2. The van der Waals surface area contributed by atoms with Crippen LogP contribution in [0.4, 0.5) is 0 Å². The quantitative estimate of drug-likeness (QED) is 0.407. The van der Waals surface area contributed by atoms with Gasteiger partial charge in [0.15, 0.2) is 0 Å². The number of imidazole rings is 1. The Bertz CT molecular complexity index is 903. The van der Waals surface area contributed by atoms with Gasteiger partial charge in [-0.3, -0.25) is 4.79 Å². The summed E-state index contributed by atoms with van der Waals surface area (Å²) < 4.78 is 8.05. The third kappa shape index (κ3) is 4.89. The normalized spacial score (nSPS) is 27.2. The predicted octanol–water partition coefficient (Wildman–Crippen LogP) is 4.82. The Morgan fingerprint density at radius 2 is 2.10 bits per heavy atom. The van der Waals surface area contributed by atoms with Crippen molar-refractivity contribution in [3.05, 3.63) is 60.2 Å². The molecular weight excluding hydrogens is 376 g/mol. The van der Waals surface area contributed by atoms with E-state index < -0.39 is 11.6 Å². The molecule has 0 N–H and O–H groups in total. The fraction of sp³-hybridized carbons (Fsp3) is 0.480. The van der Waals surface area contributed by atoms with Crippen LogP contribution in [-0.4, -0.2) is 26.9 Å². The van der Waals surface area contributed by atoms with Crippen LogP contribution in [0.5, 0.6) is 0 Å². The molecule has 3 rings (SSSR count). The molecule has 0 saturated carbocycles. The Labute approximate surface area is 179 Å². The summed E-state index contributed by atoms with van der Waals surface area (Å²) in [5, 5.41) is 0. The molecule has 30 heavy (non-hydrogen) atoms. The number of hydrogen-bond acceptors (Lipinski definition) is 4. The molecule has 1 aromatic rings. The van der Waals surface area contributed by atoms with Crippen LogP contribution in [0.1, 0.15) is 52.1 Å². The Morgan fingerprint density at radius 3 is 2.80 bits per heavy atom. The second kappa shape index (κ2) is 9.41. The van der Waals surface area contributed by atoms with Gasteiger partial charge in [-0.05, 0) is 36.8 Å². The number of ether oxygens (including phenoxy) is 1. The number of hydrogen-bond donors (Lipinski definition) is 0. The minimum atomic E-state index is -0.809. The predicted molar refractivity (Wildman–Crippen MR) is 118 cm³/mol. The summed E-state index contributed by atoms with van der Waals surface area (Å²) in [6.07, 6.45) is 18.9. The first kappa shape index (κ1) is 22.0. The third-order valence-corrected chi connectivity index (χ3v) is 6.33. The van der Waals surface area contributed by atoms with E-state index in [1.807, 2.05) is 43.0 Å². The second-order valence-corrected chi connectivity index (χ2v) is 8.75. The van der Waals surface area contributed by atoms with Gasteiger partial charge in [-0.25, -0.2) is 9.78 Å². The van der Waals surface area contributed by atoms with Crippen molar-refractivity contribution in [1.82, 2.24) is 9.55 Å². The van der Waals surface area contributed by atoms with Crippen molar-refractivity contribution < 1.29 is 14.3 Å². The van der Waals surface area contributed by atoms with Gasteiger partial charge in [0.1, 0.15) is 11.4 Å². The number of Topliss-reactive ketones (excluding diaryl/α,β-unsaturated/α-hetero) is 1. The van der Waals surface area contributed by atoms with E-state index >= 15 is 0 Å². The molecule has 0 bridgehead atoms. The van der Waals surface area contributed by atoms with Crippen molar-refractivity contribution in [2.45, 2.75) is 52.1 Å². The van der Waals surface area contributed by atoms with Crippen molar-refractivity contribution >= 4 is 17.8 Å². The van der Waals surface area contributed by atoms with Gasteiger partial charge in [-0.1, -0.05) is 44.2 Å². The molecule has 0 radical (unpaired) electrons. The average Bonchev–Trinajstić information content (AvgIpc) is 3.11. The molecule has 0 spiro atoms. The van der Waals surface area contributed by atoms with Gasteiger partial charge in [0.25, 0.3) is 0 Å². The van der Waals surface area contributed by atoms with E-state index in [0.717, 1.165) is 12.0 Å². The lowest BCUT2D eigenvalue weighted by atomic mass is 9.62. The number of aromatic nitrogens is 2. The van der Waals surface area contributed by atoms with Crippen molar-refractivity contribution in [3.8, 4) is 0 Å². The molecule has 0 aliphatic heterocycles. The SMILES string of the molecule is CC1=CC[C@H](C(C)C)[C@H]2CC(=O)CC=CC=CC[C@]12OC(=O)C=Cc1cn(C)cn1. The highest BCUT2D eigenvalue weighted by Crippen LogP contribution is 2.48. The van der Waals surface area contributed by atoms with Gasteiger partial charge >= 0.3 is 5.97 Å². The van der Waals surface area contributed by atoms with Crippen LogP contribution in [0, 0.1) is 17.8 Å². The van der Waals surface area contributed by atoms with Crippen LogP contribution < -0.4 is 0 Å². The maximum absolute atomic E-state index is 12.9. The summed E-state index contributed by atoms with van der Waals surface area (Å²) in [6.45, 7) is 6.40. The van der Waals surface area contributed by atoms with E-state index in [1.165, 1.54) is 6.08 Å². The van der Waals surface area contributed by atoms with Gasteiger partial charge in [-0.15, -0.1) is 0 Å². The first-order chi connectivity index (χ1) is 14.3. The number of allylic oxidation sites excluding steroid dienone is 4. The average molecular weight is 409 g/mol. The summed E-state index contributed by atoms with van der Waals surface area (Å²) in [6, 6.07) is 0. The number of aryl methyl sites for hydroxylation is 1. The van der Waals surface area contributed by atoms with Crippen molar-refractivity contribution in [3.63, 3.8) is 0 Å². The molecule has 2 aliphatic rings. The molecule has 1 aromatic heterocycles. The van der Waals surface area contributed by atoms with Crippen LogP contribution in [0.3, 0.4) is 0 Å². The minimum absolute atomic E-state index is 0.0432. The zero-order valence-electron chi connectivity index (χ0n) is 18.4. The van der Waals surface area contributed by atoms with Gasteiger partial charge in [0.2, 0.25) is 0 Å². The summed E-state index contributed by atoms with van der Waals surface area (Å²) in [4.78, 5) is 29.8. The van der Waals surface area contributed by atoms with Crippen molar-refractivity contribution in [1.29, 1.82) is 0 Å². The monoisotopic (exact) mass is 408 g/mol. The number of carbonyl (C=O) groups excluding carboxylic acids is 2. The van der Waals surface area contributed by atoms with Crippen LogP contribution >= 0.6 is 0 Å². The lowest BCUT2D eigenvalue weighted by molar-refractivity contribution is -0.160. The molecule has 3 atom stereocenters. The van der Waals surface area contributed by atoms with Crippen molar-refractivity contribution in [2.24, 2.45) is 24.8 Å². The van der Waals surface area contributed by atoms with E-state index in [0.29, 0.717) is 30.9 Å². The van der Waals surface area contributed by atoms with Crippen LogP contribution in [0.2, 0.25) is 0 Å². The Hall–Kier alpha value is -2.69. The van der Waals surface area contributed by atoms with E-state index in [9.17, 15) is 9.59 Å². The van der Waals surface area contributed by atoms with Crippen molar-refractivity contribution in [2.75, 3.05) is 0 Å². The topological polar surface area (TPSA) is 61.2 Å². The van der Waals surface area contributed by atoms with Crippen LogP contribution in [-0.2, 0) is 21.4 Å². The molecule has 2 aliphatic carbocycles. The van der Waals surface area contributed by atoms with Crippen LogP contribution in [0.25, 0.3) is 6.08 Å². The molecule has 0 aromatic carbocycles. The summed E-state index contributed by atoms with van der Waals surface area (Å²) >= 11 is 0. The number of ketones is 1. The number of esters is 1. The van der Waals surface area contributed by atoms with E-state index in [2.05, 4.69) is 31.0 Å². The molecule has 1 heterocycles. The number of rotatable bonds is 4. The highest BCUT2D eigenvalue weighted by atomic mass is 16.6. The summed E-state index contributed by atoms with van der Waals surface area (Å²) in [7, 11) is 1.88. The smallest absolute Gasteiger partial charge is 0.331 e. The maximum atomic E-state index is 12.9. The fourth-order valence-electron chi connectivity index (χ4n) is 4.67. The molecule has 0 saturated heterocycles. The molecule has 160 valence electrons. The molecule has 0 fully saturated rings. The molecule has 5 heteroatoms. The maximum Gasteiger partial charge on any atom is 0.331 e.